The van der Waals surface area contributed by atoms with Crippen LogP contribution in [0, 0.1) is 0 Å². The molecule has 1 aromatic heterocycles. The molecular weight excluding hydrogens is 453 g/mol. The SMILES string of the molecule is CP(=O)(O)OP(=O)(O)OCC1OC(n2cc(C(F)(F)F)c(N)nc2=O)C(O)C1O. The minimum atomic E-state index is -5.08. The van der Waals surface area contributed by atoms with Gasteiger partial charge in [0.05, 0.1) is 6.61 Å². The number of alkyl halides is 3. The van der Waals surface area contributed by atoms with Crippen molar-refractivity contribution in [3.05, 3.63) is 22.2 Å². The third-order valence-electron chi connectivity index (χ3n) is 3.55. The monoisotopic (exact) mass is 469 g/mol. The molecule has 29 heavy (non-hydrogen) atoms. The number of nitrogen functional groups attached to an aromatic ring is 1. The molecule has 1 aliphatic heterocycles. The molecular formula is C11H16F3N3O10P2. The summed E-state index contributed by atoms with van der Waals surface area (Å²) in [6.07, 6.45) is -12.1. The van der Waals surface area contributed by atoms with Gasteiger partial charge in [0.15, 0.2) is 6.23 Å². The fraction of sp³-hybridized carbons (Fsp3) is 0.636. The normalized spacial score (nSPS) is 29.4. The van der Waals surface area contributed by atoms with Crippen LogP contribution in [0.25, 0.3) is 0 Å². The van der Waals surface area contributed by atoms with Crippen LogP contribution in [-0.4, -0.2) is 61.1 Å². The van der Waals surface area contributed by atoms with Crippen molar-refractivity contribution in [3.63, 3.8) is 0 Å². The van der Waals surface area contributed by atoms with Crippen LogP contribution < -0.4 is 11.4 Å². The number of aliphatic hydroxyl groups is 2. The van der Waals surface area contributed by atoms with Crippen molar-refractivity contribution in [1.29, 1.82) is 0 Å². The number of rotatable bonds is 6. The lowest BCUT2D eigenvalue weighted by Crippen LogP contribution is -2.37. The molecule has 166 valence electrons. The van der Waals surface area contributed by atoms with E-state index in [-0.39, 0.29) is 10.8 Å². The van der Waals surface area contributed by atoms with Gasteiger partial charge in [0.25, 0.3) is 0 Å². The molecule has 1 saturated heterocycles. The van der Waals surface area contributed by atoms with Crippen molar-refractivity contribution in [2.75, 3.05) is 19.0 Å². The number of hydrogen-bond donors (Lipinski definition) is 5. The predicted octanol–water partition coefficient (Wildman–Crippen LogP) is -0.588. The summed E-state index contributed by atoms with van der Waals surface area (Å²) < 4.78 is 75.0. The lowest BCUT2D eigenvalue weighted by molar-refractivity contribution is -0.138. The molecule has 0 aromatic carbocycles. The van der Waals surface area contributed by atoms with Crippen LogP contribution in [0.3, 0.4) is 0 Å². The van der Waals surface area contributed by atoms with E-state index in [1.54, 1.807) is 0 Å². The van der Waals surface area contributed by atoms with Crippen molar-refractivity contribution in [2.24, 2.45) is 0 Å². The summed E-state index contributed by atoms with van der Waals surface area (Å²) in [5.74, 6) is -1.11. The van der Waals surface area contributed by atoms with Gasteiger partial charge in [-0.25, -0.2) is 13.7 Å². The van der Waals surface area contributed by atoms with E-state index in [4.69, 9.17) is 15.4 Å². The van der Waals surface area contributed by atoms with Crippen LogP contribution in [0.15, 0.2) is 11.0 Å². The zero-order chi connectivity index (χ0) is 22.4. The van der Waals surface area contributed by atoms with Crippen molar-refractivity contribution in [1.82, 2.24) is 9.55 Å². The molecule has 1 fully saturated rings. The van der Waals surface area contributed by atoms with Crippen molar-refractivity contribution >= 4 is 21.2 Å². The highest BCUT2D eigenvalue weighted by Crippen LogP contribution is 2.58. The Bertz CT molecular complexity index is 918. The average Bonchev–Trinajstić information content (AvgIpc) is 2.78. The molecule has 0 aliphatic carbocycles. The van der Waals surface area contributed by atoms with Crippen LogP contribution in [-0.2, 0) is 28.9 Å². The van der Waals surface area contributed by atoms with Crippen LogP contribution >= 0.6 is 15.4 Å². The molecule has 0 bridgehead atoms. The number of ether oxygens (including phenoxy) is 1. The lowest BCUT2D eigenvalue weighted by Gasteiger charge is -2.19. The van der Waals surface area contributed by atoms with Gasteiger partial charge in [-0.3, -0.25) is 13.7 Å². The maximum Gasteiger partial charge on any atom is 0.479 e. The Morgan fingerprint density at radius 1 is 1.31 bits per heavy atom. The second kappa shape index (κ2) is 8.06. The Balaban J connectivity index is 2.23. The summed E-state index contributed by atoms with van der Waals surface area (Å²) in [7, 11) is -9.51. The molecule has 2 heterocycles. The van der Waals surface area contributed by atoms with E-state index in [9.17, 15) is 42.2 Å². The van der Waals surface area contributed by atoms with Gasteiger partial charge in [0, 0.05) is 12.9 Å². The lowest BCUT2D eigenvalue weighted by atomic mass is 10.1. The Kier molecular flexibility index (Phi) is 6.65. The standard InChI is InChI=1S/C11H16F3N3O10P2/c1-28(21,22)27-29(23,24)25-3-5-6(18)7(19)9(26-5)17-2-4(11(12,13)14)8(15)16-10(17)20/h2,5-7,9,18-19H,3H2,1H3,(H,21,22)(H,23,24)(H2,15,16,20). The fourth-order valence-electron chi connectivity index (χ4n) is 2.36. The zero-order valence-corrected chi connectivity index (χ0v) is 16.1. The minimum absolute atomic E-state index is 0.230. The summed E-state index contributed by atoms with van der Waals surface area (Å²) in [4.78, 5) is 33.1. The molecule has 0 amide bonds. The Morgan fingerprint density at radius 2 is 1.90 bits per heavy atom. The van der Waals surface area contributed by atoms with Crippen molar-refractivity contribution in [3.8, 4) is 0 Å². The van der Waals surface area contributed by atoms with Crippen LogP contribution in [0.2, 0.25) is 0 Å². The number of aliphatic hydroxyl groups excluding tert-OH is 2. The largest absolute Gasteiger partial charge is 0.479 e. The molecule has 2 rings (SSSR count). The Morgan fingerprint density at radius 3 is 2.41 bits per heavy atom. The number of aromatic nitrogens is 2. The van der Waals surface area contributed by atoms with E-state index in [2.05, 4.69) is 13.8 Å². The highest BCUT2D eigenvalue weighted by atomic mass is 31.3. The van der Waals surface area contributed by atoms with Gasteiger partial charge in [-0.15, -0.1) is 0 Å². The van der Waals surface area contributed by atoms with E-state index in [1.807, 2.05) is 0 Å². The first-order chi connectivity index (χ1) is 13.0. The molecule has 0 saturated carbocycles. The number of phosphoric ester groups is 1. The van der Waals surface area contributed by atoms with Gasteiger partial charge in [-0.1, -0.05) is 0 Å². The molecule has 13 nitrogen and oxygen atoms in total. The second-order valence-electron chi connectivity index (χ2n) is 5.92. The quantitative estimate of drug-likeness (QED) is 0.332. The van der Waals surface area contributed by atoms with Gasteiger partial charge in [0.2, 0.25) is 0 Å². The minimum Gasteiger partial charge on any atom is -0.387 e. The van der Waals surface area contributed by atoms with E-state index >= 15 is 0 Å². The summed E-state index contributed by atoms with van der Waals surface area (Å²) in [5, 5.41) is 19.9. The smallest absolute Gasteiger partial charge is 0.387 e. The Hall–Kier alpha value is -1.35. The van der Waals surface area contributed by atoms with E-state index < -0.39 is 69.8 Å². The van der Waals surface area contributed by atoms with E-state index in [1.165, 1.54) is 0 Å². The Labute approximate surface area is 159 Å². The van der Waals surface area contributed by atoms with Crippen LogP contribution in [0.1, 0.15) is 11.8 Å². The van der Waals surface area contributed by atoms with Gasteiger partial charge in [0.1, 0.15) is 29.7 Å². The summed E-state index contributed by atoms with van der Waals surface area (Å²) in [5.41, 5.74) is 2.24. The molecule has 1 aliphatic rings. The van der Waals surface area contributed by atoms with E-state index in [0.717, 1.165) is 0 Å². The number of nitrogens with zero attached hydrogens (tertiary/aromatic N) is 2. The summed E-state index contributed by atoms with van der Waals surface area (Å²) >= 11 is 0. The average molecular weight is 469 g/mol. The highest BCUT2D eigenvalue weighted by molar-refractivity contribution is 7.63. The maximum absolute atomic E-state index is 13.0. The number of anilines is 1. The first kappa shape index (κ1) is 23.9. The predicted molar refractivity (Wildman–Crippen MR) is 86.4 cm³/mol. The van der Waals surface area contributed by atoms with Gasteiger partial charge in [-0.2, -0.15) is 18.2 Å². The van der Waals surface area contributed by atoms with Gasteiger partial charge >= 0.3 is 27.3 Å². The van der Waals surface area contributed by atoms with Crippen molar-refractivity contribution in [2.45, 2.75) is 30.7 Å². The topological polar surface area (TPSA) is 204 Å². The number of hydrogen-bond acceptors (Lipinski definition) is 10. The third kappa shape index (κ3) is 5.84. The maximum atomic E-state index is 13.0. The summed E-state index contributed by atoms with van der Waals surface area (Å²) in [6.45, 7) is -0.398. The van der Waals surface area contributed by atoms with Gasteiger partial charge < -0.3 is 30.5 Å². The van der Waals surface area contributed by atoms with Crippen molar-refractivity contribution < 1.29 is 55.9 Å². The number of halogens is 3. The molecule has 0 spiro atoms. The molecule has 1 aromatic rings. The van der Waals surface area contributed by atoms with Crippen LogP contribution in [0.5, 0.6) is 0 Å². The number of phosphoric acid groups is 1. The first-order valence-electron chi connectivity index (χ1n) is 7.48. The second-order valence-corrected chi connectivity index (χ2v) is 9.38. The molecule has 6 unspecified atom stereocenters. The third-order valence-corrected chi connectivity index (χ3v) is 6.07. The summed E-state index contributed by atoms with van der Waals surface area (Å²) in [6, 6.07) is 0. The molecule has 6 atom stereocenters. The highest BCUT2D eigenvalue weighted by Gasteiger charge is 2.46. The fourth-order valence-corrected chi connectivity index (χ4v) is 4.42. The molecule has 6 N–H and O–H groups in total. The van der Waals surface area contributed by atoms with Crippen LogP contribution in [0.4, 0.5) is 19.0 Å². The van der Waals surface area contributed by atoms with E-state index in [0.29, 0.717) is 6.66 Å². The first-order valence-corrected chi connectivity index (χ1v) is 11.0. The zero-order valence-electron chi connectivity index (χ0n) is 14.3. The number of nitrogens with two attached hydrogens (primary N) is 1. The molecule has 18 heteroatoms. The van der Waals surface area contributed by atoms with Gasteiger partial charge in [-0.05, 0) is 0 Å². The molecule has 0 radical (unpaired) electrons.